The Kier molecular flexibility index (Phi) is 4.75. The fourth-order valence-electron chi connectivity index (χ4n) is 2.25. The van der Waals surface area contributed by atoms with Crippen molar-refractivity contribution < 1.29 is 8.42 Å². The second kappa shape index (κ2) is 6.35. The number of hydrogen-bond acceptors (Lipinski definition) is 5. The summed E-state index contributed by atoms with van der Waals surface area (Å²) in [4.78, 5) is 8.84. The van der Waals surface area contributed by atoms with Crippen molar-refractivity contribution in [2.45, 2.75) is 37.3 Å². The van der Waals surface area contributed by atoms with Gasteiger partial charge < -0.3 is 4.98 Å². The highest BCUT2D eigenvalue weighted by Crippen LogP contribution is 2.13. The van der Waals surface area contributed by atoms with Gasteiger partial charge in [-0.3, -0.25) is 4.90 Å². The summed E-state index contributed by atoms with van der Waals surface area (Å²) in [5, 5.41) is 8.75. The number of sulfonamides is 1. The third-order valence-corrected chi connectivity index (χ3v) is 4.86. The minimum Gasteiger partial charge on any atom is -0.332 e. The first kappa shape index (κ1) is 15.0. The van der Waals surface area contributed by atoms with Crippen LogP contribution in [-0.2, 0) is 16.4 Å². The molecule has 0 bridgehead atoms. The molecule has 1 aromatic heterocycles. The number of aryl methyl sites for hydroxylation is 1. The van der Waals surface area contributed by atoms with Crippen LogP contribution >= 0.6 is 0 Å². The van der Waals surface area contributed by atoms with E-state index in [2.05, 4.69) is 20.8 Å². The molecule has 0 aliphatic carbocycles. The molecule has 1 aliphatic rings. The Morgan fingerprint density at radius 3 is 2.80 bits per heavy atom. The summed E-state index contributed by atoms with van der Waals surface area (Å²) in [5.41, 5.74) is 0. The van der Waals surface area contributed by atoms with Gasteiger partial charge in [0, 0.05) is 25.6 Å². The summed E-state index contributed by atoms with van der Waals surface area (Å²) in [7, 11) is -3.53. The molecule has 0 saturated carbocycles. The molecule has 0 atom stereocenters. The number of nitrogens with one attached hydrogen (secondary N) is 2. The van der Waals surface area contributed by atoms with Gasteiger partial charge in [0.2, 0.25) is 0 Å². The van der Waals surface area contributed by atoms with E-state index in [1.807, 2.05) is 11.8 Å². The molecule has 0 amide bonds. The number of likely N-dealkylation sites (tertiary alicyclic amines) is 1. The maximum atomic E-state index is 12.2. The van der Waals surface area contributed by atoms with Crippen LogP contribution in [0, 0.1) is 11.3 Å². The Morgan fingerprint density at radius 2 is 2.25 bits per heavy atom. The molecule has 2 heterocycles. The quantitative estimate of drug-likeness (QED) is 0.758. The summed E-state index contributed by atoms with van der Waals surface area (Å²) in [6.45, 7) is 3.79. The van der Waals surface area contributed by atoms with Crippen LogP contribution in [0.3, 0.4) is 0 Å². The molecule has 1 saturated heterocycles. The average Bonchev–Trinajstić information content (AvgIpc) is 2.91. The lowest BCUT2D eigenvalue weighted by Gasteiger charge is -2.30. The Bertz CT molecular complexity index is 581. The molecule has 2 rings (SSSR count). The van der Waals surface area contributed by atoms with Gasteiger partial charge in [-0.15, -0.1) is 0 Å². The highest BCUT2D eigenvalue weighted by Gasteiger charge is 2.25. The number of piperidine rings is 1. The van der Waals surface area contributed by atoms with Crippen molar-refractivity contribution in [3.8, 4) is 6.07 Å². The zero-order valence-electron chi connectivity index (χ0n) is 11.5. The second-order valence-electron chi connectivity index (χ2n) is 4.88. The van der Waals surface area contributed by atoms with E-state index in [0.717, 1.165) is 25.9 Å². The van der Waals surface area contributed by atoms with Crippen molar-refractivity contribution in [2.75, 3.05) is 19.6 Å². The molecule has 1 fully saturated rings. The lowest BCUT2D eigenvalue weighted by Crippen LogP contribution is -2.44. The summed E-state index contributed by atoms with van der Waals surface area (Å²) in [6, 6.07) is 2.03. The van der Waals surface area contributed by atoms with Crippen LogP contribution in [0.4, 0.5) is 0 Å². The van der Waals surface area contributed by atoms with Gasteiger partial charge in [-0.05, 0) is 12.8 Å². The van der Waals surface area contributed by atoms with Crippen LogP contribution in [0.25, 0.3) is 0 Å². The van der Waals surface area contributed by atoms with Crippen LogP contribution in [0.1, 0.15) is 25.6 Å². The number of aromatic nitrogens is 2. The first-order valence-electron chi connectivity index (χ1n) is 6.70. The van der Waals surface area contributed by atoms with Gasteiger partial charge in [-0.1, -0.05) is 6.92 Å². The lowest BCUT2D eigenvalue weighted by molar-refractivity contribution is 0.229. The van der Waals surface area contributed by atoms with E-state index in [-0.39, 0.29) is 11.1 Å². The Hall–Kier alpha value is -1.43. The molecule has 7 nitrogen and oxygen atoms in total. The van der Waals surface area contributed by atoms with Gasteiger partial charge in [0.05, 0.1) is 18.8 Å². The summed E-state index contributed by atoms with van der Waals surface area (Å²) in [5.74, 6) is 0.661. The van der Waals surface area contributed by atoms with Crippen LogP contribution in [0.2, 0.25) is 0 Å². The molecule has 20 heavy (non-hydrogen) atoms. The third-order valence-electron chi connectivity index (χ3n) is 3.43. The number of nitrogens with zero attached hydrogens (tertiary/aromatic N) is 3. The average molecular weight is 297 g/mol. The van der Waals surface area contributed by atoms with Crippen molar-refractivity contribution in [3.63, 3.8) is 0 Å². The van der Waals surface area contributed by atoms with E-state index in [9.17, 15) is 8.42 Å². The minimum absolute atomic E-state index is 0.0803. The van der Waals surface area contributed by atoms with E-state index >= 15 is 0 Å². The molecule has 110 valence electrons. The van der Waals surface area contributed by atoms with Gasteiger partial charge in [0.25, 0.3) is 10.0 Å². The van der Waals surface area contributed by atoms with E-state index in [4.69, 9.17) is 5.26 Å². The fraction of sp³-hybridized carbons (Fsp3) is 0.667. The van der Waals surface area contributed by atoms with Crippen LogP contribution in [-0.4, -0.2) is 49.0 Å². The molecular weight excluding hydrogens is 278 g/mol. The van der Waals surface area contributed by atoms with Crippen molar-refractivity contribution in [1.29, 1.82) is 5.26 Å². The molecule has 0 radical (unpaired) electrons. The third kappa shape index (κ3) is 3.56. The fourth-order valence-corrected chi connectivity index (χ4v) is 3.50. The number of rotatable bonds is 5. The van der Waals surface area contributed by atoms with Crippen molar-refractivity contribution in [2.24, 2.45) is 0 Å². The minimum atomic E-state index is -3.53. The van der Waals surface area contributed by atoms with Gasteiger partial charge in [0.15, 0.2) is 5.03 Å². The highest BCUT2D eigenvalue weighted by molar-refractivity contribution is 7.89. The van der Waals surface area contributed by atoms with E-state index < -0.39 is 10.0 Å². The van der Waals surface area contributed by atoms with Crippen LogP contribution < -0.4 is 4.72 Å². The second-order valence-corrected chi connectivity index (χ2v) is 6.56. The standard InChI is InChI=1S/C12H19N5O2S/c1-2-11-14-9-12(15-11)20(18,19)16-10-3-6-17(7-4-10)8-5-13/h9-10,16H,2-4,6-8H2,1H3,(H,14,15). The summed E-state index contributed by atoms with van der Waals surface area (Å²) >= 11 is 0. The topological polar surface area (TPSA) is 102 Å². The Balaban J connectivity index is 1.95. The molecular formula is C12H19N5O2S. The van der Waals surface area contributed by atoms with Crippen LogP contribution in [0.15, 0.2) is 11.2 Å². The summed E-state index contributed by atoms with van der Waals surface area (Å²) < 4.78 is 27.1. The maximum absolute atomic E-state index is 12.2. The van der Waals surface area contributed by atoms with Crippen molar-refractivity contribution in [3.05, 3.63) is 12.0 Å². The zero-order valence-corrected chi connectivity index (χ0v) is 12.3. The first-order valence-corrected chi connectivity index (χ1v) is 8.19. The molecule has 1 aromatic rings. The van der Waals surface area contributed by atoms with E-state index in [0.29, 0.717) is 18.8 Å². The lowest BCUT2D eigenvalue weighted by atomic mass is 10.1. The van der Waals surface area contributed by atoms with Gasteiger partial charge in [-0.25, -0.2) is 18.1 Å². The molecule has 0 spiro atoms. The van der Waals surface area contributed by atoms with Gasteiger partial charge in [-0.2, -0.15) is 5.26 Å². The van der Waals surface area contributed by atoms with Crippen molar-refractivity contribution >= 4 is 10.0 Å². The number of hydrogen-bond donors (Lipinski definition) is 2. The molecule has 1 aliphatic heterocycles. The van der Waals surface area contributed by atoms with E-state index in [1.54, 1.807) is 0 Å². The summed E-state index contributed by atoms with van der Waals surface area (Å²) in [6.07, 6.45) is 3.46. The molecule has 2 N–H and O–H groups in total. The Morgan fingerprint density at radius 1 is 1.55 bits per heavy atom. The van der Waals surface area contributed by atoms with Crippen LogP contribution in [0.5, 0.6) is 0 Å². The smallest absolute Gasteiger partial charge is 0.257 e. The molecule has 0 aromatic carbocycles. The van der Waals surface area contributed by atoms with Gasteiger partial charge >= 0.3 is 0 Å². The number of aromatic amines is 1. The SMILES string of the molecule is CCc1ncc(S(=O)(=O)NC2CCN(CC#N)CC2)[nH]1. The molecule has 8 heteroatoms. The zero-order chi connectivity index (χ0) is 14.6. The maximum Gasteiger partial charge on any atom is 0.257 e. The monoisotopic (exact) mass is 297 g/mol. The predicted octanol–water partition coefficient (Wildman–Crippen LogP) is 0.238. The number of imidazole rings is 1. The molecule has 0 unspecified atom stereocenters. The number of nitriles is 1. The van der Waals surface area contributed by atoms with Gasteiger partial charge in [0.1, 0.15) is 5.82 Å². The highest BCUT2D eigenvalue weighted by atomic mass is 32.2. The first-order chi connectivity index (χ1) is 9.55. The Labute approximate surface area is 119 Å². The predicted molar refractivity (Wildman–Crippen MR) is 73.4 cm³/mol. The van der Waals surface area contributed by atoms with E-state index in [1.165, 1.54) is 6.20 Å². The number of H-pyrrole nitrogens is 1. The normalized spacial score (nSPS) is 18.0. The largest absolute Gasteiger partial charge is 0.332 e. The van der Waals surface area contributed by atoms with Crippen molar-refractivity contribution in [1.82, 2.24) is 19.6 Å².